The van der Waals surface area contributed by atoms with Gasteiger partial charge in [0.2, 0.25) is 11.7 Å². The van der Waals surface area contributed by atoms with Crippen molar-refractivity contribution in [2.45, 2.75) is 31.3 Å². The van der Waals surface area contributed by atoms with E-state index in [1.54, 1.807) is 6.07 Å². The predicted molar refractivity (Wildman–Crippen MR) is 70.0 cm³/mol. The fourth-order valence-corrected chi connectivity index (χ4v) is 2.92. The molecule has 0 saturated heterocycles. The quantitative estimate of drug-likeness (QED) is 0.920. The number of rotatable bonds is 2. The third kappa shape index (κ3) is 2.42. The topological polar surface area (TPSA) is 59.2 Å². The Labute approximate surface area is 117 Å². The van der Waals surface area contributed by atoms with Gasteiger partial charge in [-0.15, -0.1) is 0 Å². The Balaban J connectivity index is 1.92. The molecule has 1 N–H and O–H groups in total. The maximum absolute atomic E-state index is 13.0. The molecular weight excluding hydrogens is 315 g/mol. The smallest absolute Gasteiger partial charge is 0.232 e. The van der Waals surface area contributed by atoms with Gasteiger partial charge >= 0.3 is 0 Å². The van der Waals surface area contributed by atoms with E-state index in [-0.39, 0.29) is 11.7 Å². The highest BCUT2D eigenvalue weighted by molar-refractivity contribution is 9.10. The van der Waals surface area contributed by atoms with Crippen molar-refractivity contribution in [2.75, 3.05) is 0 Å². The van der Waals surface area contributed by atoms with Gasteiger partial charge in [-0.25, -0.2) is 4.39 Å². The first kappa shape index (κ1) is 12.7. The fraction of sp³-hybridized carbons (Fsp3) is 0.385. The fourth-order valence-electron chi connectivity index (χ4n) is 2.39. The summed E-state index contributed by atoms with van der Waals surface area (Å²) in [5.74, 6) is 0.447. The van der Waals surface area contributed by atoms with Gasteiger partial charge in [-0.3, -0.25) is 0 Å². The summed E-state index contributed by atoms with van der Waals surface area (Å²) < 4.78 is 18.8. The summed E-state index contributed by atoms with van der Waals surface area (Å²) in [6.45, 7) is 0. The van der Waals surface area contributed by atoms with Crippen LogP contribution in [0.3, 0.4) is 0 Å². The number of aliphatic hydroxyl groups excluding tert-OH is 1. The Morgan fingerprint density at radius 1 is 1.37 bits per heavy atom. The zero-order valence-corrected chi connectivity index (χ0v) is 11.6. The van der Waals surface area contributed by atoms with E-state index in [4.69, 9.17) is 4.52 Å². The molecule has 0 spiro atoms. The molecule has 1 aromatic heterocycles. The molecule has 6 heteroatoms. The van der Waals surface area contributed by atoms with E-state index in [1.165, 1.54) is 12.1 Å². The van der Waals surface area contributed by atoms with Crippen LogP contribution >= 0.6 is 15.9 Å². The van der Waals surface area contributed by atoms with Crippen LogP contribution in [0.25, 0.3) is 11.4 Å². The number of benzene rings is 1. The SMILES string of the molecule is OC1CCCC1c1nc(-c2ccc(F)cc2Br)no1. The monoisotopic (exact) mass is 326 g/mol. The summed E-state index contributed by atoms with van der Waals surface area (Å²) in [7, 11) is 0. The van der Waals surface area contributed by atoms with Gasteiger partial charge in [-0.2, -0.15) is 4.98 Å². The first-order chi connectivity index (χ1) is 9.15. The second-order valence-electron chi connectivity index (χ2n) is 4.69. The maximum Gasteiger partial charge on any atom is 0.232 e. The van der Waals surface area contributed by atoms with Crippen molar-refractivity contribution >= 4 is 15.9 Å². The highest BCUT2D eigenvalue weighted by atomic mass is 79.9. The van der Waals surface area contributed by atoms with E-state index in [0.29, 0.717) is 21.8 Å². The van der Waals surface area contributed by atoms with Crippen LogP contribution in [0, 0.1) is 5.82 Å². The molecule has 0 aliphatic heterocycles. The van der Waals surface area contributed by atoms with E-state index in [2.05, 4.69) is 26.1 Å². The summed E-state index contributed by atoms with van der Waals surface area (Å²) in [4.78, 5) is 4.31. The highest BCUT2D eigenvalue weighted by Gasteiger charge is 2.31. The van der Waals surface area contributed by atoms with Gasteiger partial charge < -0.3 is 9.63 Å². The van der Waals surface area contributed by atoms with Gasteiger partial charge in [0.25, 0.3) is 0 Å². The third-order valence-corrected chi connectivity index (χ3v) is 4.07. The largest absolute Gasteiger partial charge is 0.392 e. The van der Waals surface area contributed by atoms with Crippen molar-refractivity contribution in [2.24, 2.45) is 0 Å². The number of aliphatic hydroxyl groups is 1. The minimum atomic E-state index is -0.412. The Bertz CT molecular complexity index is 602. The van der Waals surface area contributed by atoms with Gasteiger partial charge in [0.05, 0.1) is 12.0 Å². The molecule has 1 aliphatic carbocycles. The van der Waals surface area contributed by atoms with Crippen LogP contribution in [0.15, 0.2) is 27.2 Å². The lowest BCUT2D eigenvalue weighted by atomic mass is 10.1. The van der Waals surface area contributed by atoms with Crippen molar-refractivity contribution in [3.8, 4) is 11.4 Å². The highest BCUT2D eigenvalue weighted by Crippen LogP contribution is 2.35. The van der Waals surface area contributed by atoms with E-state index in [1.807, 2.05) is 0 Å². The van der Waals surface area contributed by atoms with Gasteiger partial charge in [0, 0.05) is 10.0 Å². The first-order valence-corrected chi connectivity index (χ1v) is 6.91. The lowest BCUT2D eigenvalue weighted by molar-refractivity contribution is 0.148. The van der Waals surface area contributed by atoms with Gasteiger partial charge in [0.15, 0.2) is 0 Å². The van der Waals surface area contributed by atoms with Crippen LogP contribution in [0.4, 0.5) is 4.39 Å². The normalized spacial score (nSPS) is 22.9. The maximum atomic E-state index is 13.0. The average Bonchev–Trinajstić information content (AvgIpc) is 2.97. The Hall–Kier alpha value is -1.27. The molecule has 0 radical (unpaired) electrons. The van der Waals surface area contributed by atoms with Crippen molar-refractivity contribution in [1.29, 1.82) is 0 Å². The molecule has 1 aliphatic rings. The minimum absolute atomic E-state index is 0.0829. The number of halogens is 2. The van der Waals surface area contributed by atoms with Crippen molar-refractivity contribution in [1.82, 2.24) is 10.1 Å². The van der Waals surface area contributed by atoms with Crippen LogP contribution in [0.2, 0.25) is 0 Å². The van der Waals surface area contributed by atoms with Crippen LogP contribution in [-0.2, 0) is 0 Å². The van der Waals surface area contributed by atoms with Crippen molar-refractivity contribution in [3.63, 3.8) is 0 Å². The lowest BCUT2D eigenvalue weighted by Crippen LogP contribution is -2.11. The van der Waals surface area contributed by atoms with Crippen LogP contribution in [0.1, 0.15) is 31.1 Å². The standard InChI is InChI=1S/C13H12BrFN2O2/c14-10-6-7(15)4-5-8(10)12-16-13(19-17-12)9-2-1-3-11(9)18/h4-6,9,11,18H,1-3H2. The third-order valence-electron chi connectivity index (χ3n) is 3.41. The Morgan fingerprint density at radius 3 is 2.89 bits per heavy atom. The molecule has 3 rings (SSSR count). The molecule has 1 aromatic carbocycles. The summed E-state index contributed by atoms with van der Waals surface area (Å²) >= 11 is 3.28. The second-order valence-corrected chi connectivity index (χ2v) is 5.54. The number of hydrogen-bond donors (Lipinski definition) is 1. The number of aromatic nitrogens is 2. The summed E-state index contributed by atoms with van der Waals surface area (Å²) in [5.41, 5.74) is 0.670. The van der Waals surface area contributed by atoms with E-state index >= 15 is 0 Å². The van der Waals surface area contributed by atoms with Crippen molar-refractivity contribution < 1.29 is 14.0 Å². The molecule has 2 aromatic rings. The predicted octanol–water partition coefficient (Wildman–Crippen LogP) is 3.27. The Kier molecular flexibility index (Phi) is 3.36. The molecule has 2 atom stereocenters. The average molecular weight is 327 g/mol. The molecule has 19 heavy (non-hydrogen) atoms. The molecule has 1 heterocycles. The lowest BCUT2D eigenvalue weighted by Gasteiger charge is -2.07. The van der Waals surface area contributed by atoms with E-state index < -0.39 is 6.10 Å². The van der Waals surface area contributed by atoms with Crippen molar-refractivity contribution in [3.05, 3.63) is 34.4 Å². The Morgan fingerprint density at radius 2 is 2.21 bits per heavy atom. The van der Waals surface area contributed by atoms with Crippen LogP contribution in [0.5, 0.6) is 0 Å². The molecular formula is C13H12BrFN2O2. The van der Waals surface area contributed by atoms with Crippen LogP contribution in [-0.4, -0.2) is 21.4 Å². The zero-order chi connectivity index (χ0) is 13.4. The summed E-state index contributed by atoms with van der Waals surface area (Å²) in [5, 5.41) is 13.7. The molecule has 1 fully saturated rings. The minimum Gasteiger partial charge on any atom is -0.392 e. The molecule has 0 amide bonds. The second kappa shape index (κ2) is 5.02. The molecule has 100 valence electrons. The zero-order valence-electron chi connectivity index (χ0n) is 10.0. The van der Waals surface area contributed by atoms with Gasteiger partial charge in [0.1, 0.15) is 5.82 Å². The van der Waals surface area contributed by atoms with Gasteiger partial charge in [-0.1, -0.05) is 5.16 Å². The number of nitrogens with zero attached hydrogens (tertiary/aromatic N) is 2. The summed E-state index contributed by atoms with van der Waals surface area (Å²) in [6, 6.07) is 4.30. The molecule has 4 nitrogen and oxygen atoms in total. The number of hydrogen-bond acceptors (Lipinski definition) is 4. The van der Waals surface area contributed by atoms with E-state index in [9.17, 15) is 9.50 Å². The van der Waals surface area contributed by atoms with E-state index in [0.717, 1.165) is 19.3 Å². The van der Waals surface area contributed by atoms with Crippen LogP contribution < -0.4 is 0 Å². The van der Waals surface area contributed by atoms with Gasteiger partial charge in [-0.05, 0) is 53.4 Å². The summed E-state index contributed by atoms with van der Waals surface area (Å²) in [6.07, 6.45) is 2.17. The first-order valence-electron chi connectivity index (χ1n) is 6.12. The molecule has 2 unspecified atom stereocenters. The molecule has 0 bridgehead atoms. The molecule has 1 saturated carbocycles.